The lowest BCUT2D eigenvalue weighted by Crippen LogP contribution is -2.32. The number of carbonyl (C=O) groups is 1. The normalized spacial score (nSPS) is 17.1. The number of esters is 1. The predicted molar refractivity (Wildman–Crippen MR) is 156 cm³/mol. The first-order chi connectivity index (χ1) is 20.1. The molecule has 1 aromatic heterocycles. The number of carbonyl (C=O) groups excluding carboxylic acids is 1. The van der Waals surface area contributed by atoms with E-state index in [0.29, 0.717) is 23.7 Å². The van der Waals surface area contributed by atoms with Crippen LogP contribution in [0.4, 0.5) is 11.4 Å². The van der Waals surface area contributed by atoms with Crippen LogP contribution in [-0.2, 0) is 16.1 Å². The van der Waals surface area contributed by atoms with Gasteiger partial charge in [0.1, 0.15) is 18.1 Å². The summed E-state index contributed by atoms with van der Waals surface area (Å²) < 4.78 is 28.2. The maximum atomic E-state index is 12.5. The highest BCUT2D eigenvalue weighted by molar-refractivity contribution is 5.87. The lowest BCUT2D eigenvalue weighted by Gasteiger charge is -2.34. The van der Waals surface area contributed by atoms with Crippen molar-refractivity contribution in [3.63, 3.8) is 0 Å². The summed E-state index contributed by atoms with van der Waals surface area (Å²) in [4.78, 5) is 23.4. The second-order valence-corrected chi connectivity index (χ2v) is 10.6. The van der Waals surface area contributed by atoms with Crippen molar-refractivity contribution >= 4 is 22.9 Å². The van der Waals surface area contributed by atoms with E-state index < -0.39 is 10.9 Å². The number of nitro benzene ring substituents is 1. The molecular weight excluding hydrogens is 540 g/mol. The third kappa shape index (κ3) is 5.74. The number of nitrogens with zero attached hydrogens (tertiary/aromatic N) is 1. The highest BCUT2D eigenvalue weighted by atomic mass is 16.6. The van der Waals surface area contributed by atoms with E-state index in [9.17, 15) is 14.9 Å². The Morgan fingerprint density at radius 3 is 2.64 bits per heavy atom. The Morgan fingerprint density at radius 2 is 1.95 bits per heavy atom. The monoisotopic (exact) mass is 572 g/mol. The number of fused-ring (bicyclic) bond motifs is 1. The Balaban J connectivity index is 1.52. The van der Waals surface area contributed by atoms with Gasteiger partial charge in [0.2, 0.25) is 5.76 Å². The lowest BCUT2D eigenvalue weighted by atomic mass is 9.81. The Bertz CT molecular complexity index is 1620. The number of allylic oxidation sites excluding steroid dienone is 4. The molecule has 1 unspecified atom stereocenters. The first-order valence-electron chi connectivity index (χ1n) is 13.4. The molecule has 10 nitrogen and oxygen atoms in total. The molecule has 5 rings (SSSR count). The van der Waals surface area contributed by atoms with Crippen LogP contribution in [0.2, 0.25) is 0 Å². The van der Waals surface area contributed by atoms with Crippen LogP contribution in [0.5, 0.6) is 11.5 Å². The van der Waals surface area contributed by atoms with Crippen LogP contribution in [0.15, 0.2) is 82.9 Å². The van der Waals surface area contributed by atoms with Gasteiger partial charge in [-0.05, 0) is 68.7 Å². The number of methoxy groups -OCH3 is 2. The van der Waals surface area contributed by atoms with Crippen LogP contribution in [0, 0.1) is 10.1 Å². The van der Waals surface area contributed by atoms with Crippen LogP contribution < -0.4 is 14.8 Å². The summed E-state index contributed by atoms with van der Waals surface area (Å²) in [6, 6.07) is 11.5. The van der Waals surface area contributed by atoms with Gasteiger partial charge in [0.15, 0.2) is 11.5 Å². The maximum Gasteiger partial charge on any atom is 0.379 e. The molecule has 2 heterocycles. The summed E-state index contributed by atoms with van der Waals surface area (Å²) >= 11 is 0. The van der Waals surface area contributed by atoms with Crippen molar-refractivity contribution in [1.29, 1.82) is 0 Å². The molecule has 1 N–H and O–H groups in total. The molecule has 0 saturated heterocycles. The van der Waals surface area contributed by atoms with Crippen LogP contribution >= 0.6 is 0 Å². The molecule has 1 aliphatic heterocycles. The van der Waals surface area contributed by atoms with Gasteiger partial charge in [0, 0.05) is 34.9 Å². The van der Waals surface area contributed by atoms with E-state index in [1.165, 1.54) is 37.6 Å². The Hall–Kier alpha value is -4.99. The number of anilines is 1. The summed E-state index contributed by atoms with van der Waals surface area (Å²) in [6.07, 6.45) is 7.61. The van der Waals surface area contributed by atoms with Gasteiger partial charge < -0.3 is 28.7 Å². The second-order valence-electron chi connectivity index (χ2n) is 10.6. The fourth-order valence-corrected chi connectivity index (χ4v) is 5.49. The predicted octanol–water partition coefficient (Wildman–Crippen LogP) is 7.14. The third-order valence-corrected chi connectivity index (χ3v) is 7.23. The van der Waals surface area contributed by atoms with Crippen molar-refractivity contribution < 1.29 is 33.1 Å². The molecule has 0 bridgehead atoms. The minimum atomic E-state index is -0.598. The molecule has 0 amide bonds. The van der Waals surface area contributed by atoms with E-state index in [2.05, 4.69) is 32.2 Å². The van der Waals surface area contributed by atoms with E-state index in [1.54, 1.807) is 19.3 Å². The van der Waals surface area contributed by atoms with E-state index in [0.717, 1.165) is 28.0 Å². The van der Waals surface area contributed by atoms with Crippen molar-refractivity contribution in [2.45, 2.75) is 45.3 Å². The quantitative estimate of drug-likeness (QED) is 0.162. The Morgan fingerprint density at radius 1 is 1.14 bits per heavy atom. The molecule has 2 aliphatic rings. The highest BCUT2D eigenvalue weighted by Gasteiger charge is 2.31. The molecular formula is C32H32N2O8. The second kappa shape index (κ2) is 11.5. The van der Waals surface area contributed by atoms with Crippen molar-refractivity contribution in [2.75, 3.05) is 19.5 Å². The van der Waals surface area contributed by atoms with Crippen LogP contribution in [0.3, 0.4) is 0 Å². The number of hydrogen-bond acceptors (Lipinski definition) is 9. The zero-order chi connectivity index (χ0) is 30.0. The Labute approximate surface area is 243 Å². The number of furan rings is 1. The van der Waals surface area contributed by atoms with E-state index in [-0.39, 0.29) is 35.3 Å². The number of rotatable bonds is 9. The molecule has 0 spiro atoms. The number of nitro groups is 1. The smallest absolute Gasteiger partial charge is 0.379 e. The van der Waals surface area contributed by atoms with E-state index in [1.807, 2.05) is 18.2 Å². The zero-order valence-corrected chi connectivity index (χ0v) is 24.1. The topological polar surface area (TPSA) is 122 Å². The van der Waals surface area contributed by atoms with Gasteiger partial charge in [0.05, 0.1) is 37.0 Å². The molecule has 218 valence electrons. The van der Waals surface area contributed by atoms with Crippen LogP contribution in [0.1, 0.15) is 60.4 Å². The molecule has 10 heteroatoms. The first-order valence-corrected chi connectivity index (χ1v) is 13.4. The van der Waals surface area contributed by atoms with Crippen molar-refractivity contribution in [3.05, 3.63) is 111 Å². The van der Waals surface area contributed by atoms with Gasteiger partial charge in [-0.25, -0.2) is 4.79 Å². The highest BCUT2D eigenvalue weighted by Crippen LogP contribution is 2.44. The largest absolute Gasteiger partial charge is 0.500 e. The lowest BCUT2D eigenvalue weighted by molar-refractivity contribution is -0.385. The van der Waals surface area contributed by atoms with Gasteiger partial charge in [-0.2, -0.15) is 0 Å². The Kier molecular flexibility index (Phi) is 7.80. The molecule has 0 radical (unpaired) electrons. The summed E-state index contributed by atoms with van der Waals surface area (Å²) in [6.45, 7) is 6.37. The van der Waals surface area contributed by atoms with Gasteiger partial charge in [0.25, 0.3) is 5.69 Å². The first kappa shape index (κ1) is 28.5. The van der Waals surface area contributed by atoms with Gasteiger partial charge in [-0.3, -0.25) is 10.1 Å². The fourth-order valence-electron chi connectivity index (χ4n) is 5.49. The average Bonchev–Trinajstić information content (AvgIpc) is 3.50. The van der Waals surface area contributed by atoms with Gasteiger partial charge >= 0.3 is 5.97 Å². The van der Waals surface area contributed by atoms with Crippen molar-refractivity contribution in [2.24, 2.45) is 0 Å². The minimum absolute atomic E-state index is 0.0979. The summed E-state index contributed by atoms with van der Waals surface area (Å²) in [5.74, 6) is 0.924. The molecule has 1 aliphatic carbocycles. The fraction of sp³-hybridized carbons (Fsp3) is 0.281. The number of benzene rings is 2. The van der Waals surface area contributed by atoms with Crippen molar-refractivity contribution in [3.8, 4) is 11.5 Å². The minimum Gasteiger partial charge on any atom is -0.500 e. The molecule has 2 aromatic carbocycles. The van der Waals surface area contributed by atoms with Crippen molar-refractivity contribution in [1.82, 2.24) is 0 Å². The van der Waals surface area contributed by atoms with E-state index in [4.69, 9.17) is 23.4 Å². The number of non-ortho nitro benzene ring substituents is 1. The standard InChI is InChI=1S/C32H32N2O8/c1-19-17-32(2,3)33-25-12-11-22(23-10-9-21(16-28(23)39-5)42-31(35)27-7-6-14-40-27)24(30(19)25)18-41-29-15-20(34(36)37)8-13-26(29)38-4/h6-9,11-17,23,33H,10,18H2,1-5H3. The number of ether oxygens (including phenoxy) is 4. The average molecular weight is 573 g/mol. The summed E-state index contributed by atoms with van der Waals surface area (Å²) in [5, 5.41) is 15.0. The van der Waals surface area contributed by atoms with Gasteiger partial charge in [-0.15, -0.1) is 0 Å². The molecule has 1 atom stereocenters. The third-order valence-electron chi connectivity index (χ3n) is 7.23. The van der Waals surface area contributed by atoms with E-state index >= 15 is 0 Å². The van der Waals surface area contributed by atoms with Gasteiger partial charge in [-0.1, -0.05) is 12.1 Å². The number of nitrogens with one attached hydrogen (secondary N) is 1. The van der Waals surface area contributed by atoms with Crippen LogP contribution in [-0.4, -0.2) is 30.7 Å². The SMILES string of the molecule is COC1=CC(OC(=O)c2ccco2)=CCC1c1ccc2c(c1COc1cc([N+](=O)[O-])ccc1OC)C(C)=CC(C)(C)N2. The zero-order valence-electron chi connectivity index (χ0n) is 24.1. The maximum absolute atomic E-state index is 12.5. The van der Waals surface area contributed by atoms with Crippen LogP contribution in [0.25, 0.3) is 5.57 Å². The molecule has 0 saturated carbocycles. The molecule has 0 fully saturated rings. The molecule has 3 aromatic rings. The number of hydrogen-bond donors (Lipinski definition) is 1. The molecule has 42 heavy (non-hydrogen) atoms. The summed E-state index contributed by atoms with van der Waals surface area (Å²) in [5.41, 5.74) is 4.52. The summed E-state index contributed by atoms with van der Waals surface area (Å²) in [7, 11) is 3.07.